The van der Waals surface area contributed by atoms with Crippen LogP contribution in [0.25, 0.3) is 0 Å². The van der Waals surface area contributed by atoms with Gasteiger partial charge in [0.1, 0.15) is 6.26 Å². The van der Waals surface area contributed by atoms with Crippen LogP contribution in [0.15, 0.2) is 10.7 Å². The predicted molar refractivity (Wildman–Crippen MR) is 72.0 cm³/mol. The van der Waals surface area contributed by atoms with Crippen LogP contribution in [0.4, 0.5) is 6.01 Å². The predicted octanol–water partition coefficient (Wildman–Crippen LogP) is 2.94. The van der Waals surface area contributed by atoms with Crippen LogP contribution in [0, 0.1) is 5.92 Å². The number of rotatable bonds is 6. The van der Waals surface area contributed by atoms with Crippen molar-refractivity contribution < 1.29 is 13.9 Å². The summed E-state index contributed by atoms with van der Waals surface area (Å²) in [6.45, 7) is 6.81. The molecule has 1 fully saturated rings. The molecule has 5 nitrogen and oxygen atoms in total. The van der Waals surface area contributed by atoms with E-state index in [9.17, 15) is 4.79 Å². The lowest BCUT2D eigenvalue weighted by Crippen LogP contribution is -2.33. The Bertz CT molecular complexity index is 422. The Balaban J connectivity index is 1.72. The number of nitrogens with zero attached hydrogens (tertiary/aromatic N) is 1. The summed E-state index contributed by atoms with van der Waals surface area (Å²) in [4.78, 5) is 16.0. The number of hydrogen-bond acceptors (Lipinski definition) is 4. The number of ether oxygens (including phenoxy) is 1. The second-order valence-electron chi connectivity index (χ2n) is 5.40. The van der Waals surface area contributed by atoms with Gasteiger partial charge in [-0.2, -0.15) is 4.98 Å². The normalized spacial score (nSPS) is 22.3. The molecule has 1 saturated carbocycles. The van der Waals surface area contributed by atoms with Crippen LogP contribution in [0.1, 0.15) is 51.6 Å². The molecule has 0 saturated heterocycles. The standard InChI is InChI=1S/C14H22N2O3/c1-4-18-11-5-10(6-11)7-13(17)16-14-15-12(8-19-14)9(2)3/h8-11H,4-7H2,1-3H3,(H,15,16,17). The largest absolute Gasteiger partial charge is 0.432 e. The van der Waals surface area contributed by atoms with E-state index in [1.54, 1.807) is 6.26 Å². The minimum absolute atomic E-state index is 0.0305. The Morgan fingerprint density at radius 3 is 2.89 bits per heavy atom. The molecule has 1 heterocycles. The zero-order valence-corrected chi connectivity index (χ0v) is 11.8. The SMILES string of the molecule is CCOC1CC(CC(=O)Nc2nc(C(C)C)co2)C1. The monoisotopic (exact) mass is 266 g/mol. The van der Waals surface area contributed by atoms with Crippen molar-refractivity contribution in [1.29, 1.82) is 0 Å². The summed E-state index contributed by atoms with van der Waals surface area (Å²) >= 11 is 0. The third-order valence-electron chi connectivity index (χ3n) is 3.43. The van der Waals surface area contributed by atoms with Crippen molar-refractivity contribution in [3.63, 3.8) is 0 Å². The molecule has 1 aliphatic carbocycles. The van der Waals surface area contributed by atoms with Crippen LogP contribution >= 0.6 is 0 Å². The number of anilines is 1. The molecule has 0 atom stereocenters. The molecule has 1 aromatic heterocycles. The van der Waals surface area contributed by atoms with E-state index >= 15 is 0 Å². The first-order chi connectivity index (χ1) is 9.08. The van der Waals surface area contributed by atoms with Gasteiger partial charge in [-0.3, -0.25) is 10.1 Å². The van der Waals surface area contributed by atoms with E-state index in [0.29, 0.717) is 30.4 Å². The third-order valence-corrected chi connectivity index (χ3v) is 3.43. The Hall–Kier alpha value is -1.36. The summed E-state index contributed by atoms with van der Waals surface area (Å²) < 4.78 is 10.7. The fourth-order valence-corrected chi connectivity index (χ4v) is 2.25. The molecule has 1 aromatic rings. The highest BCUT2D eigenvalue weighted by molar-refractivity contribution is 5.88. The first-order valence-corrected chi connectivity index (χ1v) is 6.95. The smallest absolute Gasteiger partial charge is 0.301 e. The van der Waals surface area contributed by atoms with Crippen LogP contribution in [0.3, 0.4) is 0 Å². The summed E-state index contributed by atoms with van der Waals surface area (Å²) in [6.07, 6.45) is 4.41. The molecular formula is C14H22N2O3. The molecule has 1 aliphatic rings. The van der Waals surface area contributed by atoms with E-state index in [1.165, 1.54) is 0 Å². The molecular weight excluding hydrogens is 244 g/mol. The van der Waals surface area contributed by atoms with Crippen molar-refractivity contribution in [2.24, 2.45) is 5.92 Å². The van der Waals surface area contributed by atoms with Gasteiger partial charge in [0.2, 0.25) is 5.91 Å². The average molecular weight is 266 g/mol. The summed E-state index contributed by atoms with van der Waals surface area (Å²) in [5.74, 6) is 0.696. The zero-order valence-electron chi connectivity index (χ0n) is 11.8. The van der Waals surface area contributed by atoms with Gasteiger partial charge < -0.3 is 9.15 Å². The molecule has 0 radical (unpaired) electrons. The number of carbonyl (C=O) groups excluding carboxylic acids is 1. The summed E-state index contributed by atoms with van der Waals surface area (Å²) in [5.41, 5.74) is 0.857. The maximum atomic E-state index is 11.8. The highest BCUT2D eigenvalue weighted by Crippen LogP contribution is 2.32. The maximum Gasteiger partial charge on any atom is 0.301 e. The summed E-state index contributed by atoms with van der Waals surface area (Å²) in [6, 6.07) is 0.300. The van der Waals surface area contributed by atoms with E-state index in [4.69, 9.17) is 9.15 Å². The molecule has 1 N–H and O–H groups in total. The quantitative estimate of drug-likeness (QED) is 0.859. The van der Waals surface area contributed by atoms with Crippen LogP contribution in [-0.2, 0) is 9.53 Å². The van der Waals surface area contributed by atoms with Crippen LogP contribution in [0.2, 0.25) is 0 Å². The number of oxazole rings is 1. The van der Waals surface area contributed by atoms with Gasteiger partial charge in [0.25, 0.3) is 0 Å². The van der Waals surface area contributed by atoms with Crippen molar-refractivity contribution in [2.75, 3.05) is 11.9 Å². The van der Waals surface area contributed by atoms with Crippen molar-refractivity contribution >= 4 is 11.9 Å². The molecule has 2 rings (SSSR count). The second-order valence-corrected chi connectivity index (χ2v) is 5.40. The second kappa shape index (κ2) is 6.19. The Morgan fingerprint density at radius 2 is 2.32 bits per heavy atom. The van der Waals surface area contributed by atoms with Gasteiger partial charge >= 0.3 is 6.01 Å². The maximum absolute atomic E-state index is 11.8. The minimum Gasteiger partial charge on any atom is -0.432 e. The highest BCUT2D eigenvalue weighted by atomic mass is 16.5. The highest BCUT2D eigenvalue weighted by Gasteiger charge is 2.31. The number of nitrogens with one attached hydrogen (secondary N) is 1. The molecule has 0 aromatic carbocycles. The first kappa shape index (κ1) is 14.1. The van der Waals surface area contributed by atoms with Gasteiger partial charge in [0.15, 0.2) is 0 Å². The molecule has 106 valence electrons. The lowest BCUT2D eigenvalue weighted by Gasteiger charge is -2.34. The van der Waals surface area contributed by atoms with Gasteiger partial charge in [-0.15, -0.1) is 0 Å². The molecule has 0 unspecified atom stereocenters. The van der Waals surface area contributed by atoms with E-state index in [1.807, 2.05) is 20.8 Å². The molecule has 0 aliphatic heterocycles. The molecule has 5 heteroatoms. The molecule has 0 bridgehead atoms. The van der Waals surface area contributed by atoms with Crippen molar-refractivity contribution in [3.05, 3.63) is 12.0 Å². The summed E-state index contributed by atoms with van der Waals surface area (Å²) in [7, 11) is 0. The topological polar surface area (TPSA) is 64.4 Å². The van der Waals surface area contributed by atoms with Gasteiger partial charge in [0, 0.05) is 13.0 Å². The molecule has 19 heavy (non-hydrogen) atoms. The van der Waals surface area contributed by atoms with E-state index in [2.05, 4.69) is 10.3 Å². The van der Waals surface area contributed by atoms with Crippen molar-refractivity contribution in [2.45, 2.75) is 52.1 Å². The Labute approximate surface area is 113 Å². The van der Waals surface area contributed by atoms with Gasteiger partial charge in [-0.25, -0.2) is 0 Å². The van der Waals surface area contributed by atoms with Gasteiger partial charge in [-0.1, -0.05) is 13.8 Å². The number of aromatic nitrogens is 1. The fraction of sp³-hybridized carbons (Fsp3) is 0.714. The molecule has 1 amide bonds. The van der Waals surface area contributed by atoms with Crippen LogP contribution in [-0.4, -0.2) is 23.6 Å². The van der Waals surface area contributed by atoms with Gasteiger partial charge in [-0.05, 0) is 31.6 Å². The lowest BCUT2D eigenvalue weighted by atomic mass is 9.80. The number of carbonyl (C=O) groups is 1. The lowest BCUT2D eigenvalue weighted by molar-refractivity contribution is -0.119. The van der Waals surface area contributed by atoms with E-state index < -0.39 is 0 Å². The van der Waals surface area contributed by atoms with Gasteiger partial charge in [0.05, 0.1) is 11.8 Å². The fourth-order valence-electron chi connectivity index (χ4n) is 2.25. The van der Waals surface area contributed by atoms with E-state index in [-0.39, 0.29) is 5.91 Å². The third kappa shape index (κ3) is 3.80. The van der Waals surface area contributed by atoms with Crippen LogP contribution < -0.4 is 5.32 Å². The van der Waals surface area contributed by atoms with Crippen molar-refractivity contribution in [3.8, 4) is 0 Å². The number of hydrogen-bond donors (Lipinski definition) is 1. The average Bonchev–Trinajstić information content (AvgIpc) is 2.75. The van der Waals surface area contributed by atoms with E-state index in [0.717, 1.165) is 25.1 Å². The summed E-state index contributed by atoms with van der Waals surface area (Å²) in [5, 5.41) is 2.71. The number of amides is 1. The minimum atomic E-state index is -0.0305. The first-order valence-electron chi connectivity index (χ1n) is 6.95. The zero-order chi connectivity index (χ0) is 13.8. The molecule has 0 spiro atoms. The Morgan fingerprint density at radius 1 is 1.58 bits per heavy atom. The van der Waals surface area contributed by atoms with Crippen LogP contribution in [0.5, 0.6) is 0 Å². The Kier molecular flexibility index (Phi) is 4.58. The van der Waals surface area contributed by atoms with Crippen molar-refractivity contribution in [1.82, 2.24) is 4.98 Å².